The maximum absolute atomic E-state index is 12.3. The van der Waals surface area contributed by atoms with Crippen molar-refractivity contribution in [1.29, 1.82) is 0 Å². The Morgan fingerprint density at radius 3 is 2.63 bits per heavy atom. The summed E-state index contributed by atoms with van der Waals surface area (Å²) in [7, 11) is 0. The number of benzene rings is 1. The number of amides is 2. The Hall–Kier alpha value is -2.89. The summed E-state index contributed by atoms with van der Waals surface area (Å²) in [5.74, 6) is 0.300. The molecule has 2 aromatic rings. The van der Waals surface area contributed by atoms with Crippen molar-refractivity contribution in [2.24, 2.45) is 5.92 Å². The van der Waals surface area contributed by atoms with Crippen LogP contribution in [0.5, 0.6) is 0 Å². The molecule has 0 aliphatic carbocycles. The Morgan fingerprint density at radius 2 is 1.93 bits per heavy atom. The van der Waals surface area contributed by atoms with Crippen molar-refractivity contribution >= 4 is 12.0 Å². The minimum atomic E-state index is -0.270. The standard InChI is InChI=1S/C21H25N3O3/c1-16-13-22-10-7-19(16)20(25)23-14-17-8-11-24(12-9-17)21(26)27-15-18-5-3-2-4-6-18/h2-7,10,13,17H,8-9,11-12,14-15H2,1H3,(H,23,25). The highest BCUT2D eigenvalue weighted by Crippen LogP contribution is 2.18. The van der Waals surface area contributed by atoms with E-state index in [1.807, 2.05) is 37.3 Å². The summed E-state index contributed by atoms with van der Waals surface area (Å²) in [4.78, 5) is 30.2. The van der Waals surface area contributed by atoms with Crippen LogP contribution in [0.2, 0.25) is 0 Å². The van der Waals surface area contributed by atoms with E-state index in [4.69, 9.17) is 4.74 Å². The van der Waals surface area contributed by atoms with Crippen LogP contribution in [-0.4, -0.2) is 41.5 Å². The zero-order chi connectivity index (χ0) is 19.1. The lowest BCUT2D eigenvalue weighted by atomic mass is 9.97. The number of rotatable bonds is 5. The Bertz CT molecular complexity index is 771. The topological polar surface area (TPSA) is 71.5 Å². The predicted molar refractivity (Wildman–Crippen MR) is 102 cm³/mol. The van der Waals surface area contributed by atoms with Crippen LogP contribution in [0.4, 0.5) is 4.79 Å². The summed E-state index contributed by atoms with van der Waals surface area (Å²) in [6.07, 6.45) is 4.76. The molecule has 1 fully saturated rings. The number of carbonyl (C=O) groups is 2. The van der Waals surface area contributed by atoms with Gasteiger partial charge in [-0.3, -0.25) is 9.78 Å². The third-order valence-corrected chi connectivity index (χ3v) is 4.89. The summed E-state index contributed by atoms with van der Waals surface area (Å²) >= 11 is 0. The number of ether oxygens (including phenoxy) is 1. The number of hydrogen-bond acceptors (Lipinski definition) is 4. The molecule has 2 amide bonds. The van der Waals surface area contributed by atoms with Gasteiger partial charge in [0.2, 0.25) is 0 Å². The molecule has 0 atom stereocenters. The number of piperidine rings is 1. The zero-order valence-electron chi connectivity index (χ0n) is 15.6. The lowest BCUT2D eigenvalue weighted by molar-refractivity contribution is 0.0800. The van der Waals surface area contributed by atoms with Crippen molar-refractivity contribution in [3.63, 3.8) is 0 Å². The van der Waals surface area contributed by atoms with Crippen LogP contribution < -0.4 is 5.32 Å². The monoisotopic (exact) mass is 367 g/mol. The number of aromatic nitrogens is 1. The molecule has 0 radical (unpaired) electrons. The minimum absolute atomic E-state index is 0.0698. The van der Waals surface area contributed by atoms with Gasteiger partial charge in [0.25, 0.3) is 5.91 Å². The van der Waals surface area contributed by atoms with Gasteiger partial charge in [-0.05, 0) is 42.9 Å². The molecule has 1 aliphatic rings. The van der Waals surface area contributed by atoms with Gasteiger partial charge in [0.15, 0.2) is 0 Å². The van der Waals surface area contributed by atoms with Gasteiger partial charge in [-0.25, -0.2) is 4.79 Å². The van der Waals surface area contributed by atoms with E-state index >= 15 is 0 Å². The highest BCUT2D eigenvalue weighted by Gasteiger charge is 2.24. The first-order chi connectivity index (χ1) is 13.1. The number of nitrogens with one attached hydrogen (secondary N) is 1. The van der Waals surface area contributed by atoms with Crippen molar-refractivity contribution in [2.75, 3.05) is 19.6 Å². The van der Waals surface area contributed by atoms with Gasteiger partial charge in [0.05, 0.1) is 0 Å². The number of carbonyl (C=O) groups excluding carboxylic acids is 2. The van der Waals surface area contributed by atoms with Gasteiger partial charge in [-0.15, -0.1) is 0 Å². The predicted octanol–water partition coefficient (Wildman–Crippen LogP) is 3.17. The highest BCUT2D eigenvalue weighted by atomic mass is 16.6. The second-order valence-electron chi connectivity index (χ2n) is 6.87. The molecule has 0 unspecified atom stereocenters. The summed E-state index contributed by atoms with van der Waals surface area (Å²) in [5.41, 5.74) is 2.51. The first kappa shape index (κ1) is 18.9. The molecular weight excluding hydrogens is 342 g/mol. The van der Waals surface area contributed by atoms with Crippen LogP contribution in [0, 0.1) is 12.8 Å². The number of hydrogen-bond donors (Lipinski definition) is 1. The van der Waals surface area contributed by atoms with E-state index in [0.717, 1.165) is 24.0 Å². The van der Waals surface area contributed by atoms with E-state index in [-0.39, 0.29) is 12.0 Å². The van der Waals surface area contributed by atoms with Crippen molar-refractivity contribution in [3.8, 4) is 0 Å². The zero-order valence-corrected chi connectivity index (χ0v) is 15.6. The summed E-state index contributed by atoms with van der Waals surface area (Å²) < 4.78 is 5.38. The van der Waals surface area contributed by atoms with Crippen LogP contribution in [0.15, 0.2) is 48.8 Å². The van der Waals surface area contributed by atoms with Gasteiger partial charge >= 0.3 is 6.09 Å². The fraction of sp³-hybridized carbons (Fsp3) is 0.381. The van der Waals surface area contributed by atoms with E-state index in [1.54, 1.807) is 23.4 Å². The molecule has 1 aromatic heterocycles. The smallest absolute Gasteiger partial charge is 0.410 e. The lowest BCUT2D eigenvalue weighted by Crippen LogP contribution is -2.41. The van der Waals surface area contributed by atoms with Crippen LogP contribution in [0.25, 0.3) is 0 Å². The van der Waals surface area contributed by atoms with E-state index in [9.17, 15) is 9.59 Å². The van der Waals surface area contributed by atoms with Gasteiger partial charge in [-0.2, -0.15) is 0 Å². The van der Waals surface area contributed by atoms with Crippen molar-refractivity contribution in [2.45, 2.75) is 26.4 Å². The number of likely N-dealkylation sites (tertiary alicyclic amines) is 1. The molecule has 27 heavy (non-hydrogen) atoms. The molecule has 0 spiro atoms. The normalized spacial score (nSPS) is 14.6. The van der Waals surface area contributed by atoms with Gasteiger partial charge in [-0.1, -0.05) is 30.3 Å². The lowest BCUT2D eigenvalue weighted by Gasteiger charge is -2.31. The quantitative estimate of drug-likeness (QED) is 0.881. The van der Waals surface area contributed by atoms with Crippen LogP contribution in [0.1, 0.15) is 34.3 Å². The van der Waals surface area contributed by atoms with Gasteiger partial charge in [0.1, 0.15) is 6.61 Å². The first-order valence-electron chi connectivity index (χ1n) is 9.28. The van der Waals surface area contributed by atoms with E-state index < -0.39 is 0 Å². The van der Waals surface area contributed by atoms with Crippen molar-refractivity contribution in [1.82, 2.24) is 15.2 Å². The fourth-order valence-corrected chi connectivity index (χ4v) is 3.19. The maximum atomic E-state index is 12.3. The molecule has 2 heterocycles. The molecule has 3 rings (SSSR count). The van der Waals surface area contributed by atoms with Crippen molar-refractivity contribution < 1.29 is 14.3 Å². The largest absolute Gasteiger partial charge is 0.445 e. The highest BCUT2D eigenvalue weighted by molar-refractivity contribution is 5.95. The second kappa shape index (κ2) is 9.16. The average Bonchev–Trinajstić information content (AvgIpc) is 2.72. The third kappa shape index (κ3) is 5.29. The molecule has 1 saturated heterocycles. The summed E-state index contributed by atoms with van der Waals surface area (Å²) in [6, 6.07) is 11.4. The summed E-state index contributed by atoms with van der Waals surface area (Å²) in [6.45, 7) is 4.10. The molecule has 1 aliphatic heterocycles. The Morgan fingerprint density at radius 1 is 1.19 bits per heavy atom. The average molecular weight is 367 g/mol. The van der Waals surface area contributed by atoms with E-state index in [2.05, 4.69) is 10.3 Å². The van der Waals surface area contributed by atoms with Crippen LogP contribution in [0.3, 0.4) is 0 Å². The van der Waals surface area contributed by atoms with Gasteiger partial charge < -0.3 is 15.0 Å². The molecule has 0 saturated carbocycles. The Balaban J connectivity index is 1.39. The van der Waals surface area contributed by atoms with Crippen molar-refractivity contribution in [3.05, 3.63) is 65.5 Å². The minimum Gasteiger partial charge on any atom is -0.445 e. The Kier molecular flexibility index (Phi) is 6.41. The molecule has 0 bridgehead atoms. The molecule has 1 aromatic carbocycles. The molecule has 6 heteroatoms. The molecule has 142 valence electrons. The SMILES string of the molecule is Cc1cnccc1C(=O)NCC1CCN(C(=O)OCc2ccccc2)CC1. The van der Waals surface area contributed by atoms with E-state index in [1.165, 1.54) is 0 Å². The summed E-state index contributed by atoms with van der Waals surface area (Å²) in [5, 5.41) is 3.00. The maximum Gasteiger partial charge on any atom is 0.410 e. The fourth-order valence-electron chi connectivity index (χ4n) is 3.19. The molecular formula is C21H25N3O3. The number of aryl methyl sites for hydroxylation is 1. The number of pyridine rings is 1. The van der Waals surface area contributed by atoms with Gasteiger partial charge in [0, 0.05) is 37.6 Å². The van der Waals surface area contributed by atoms with E-state index in [0.29, 0.717) is 37.7 Å². The third-order valence-electron chi connectivity index (χ3n) is 4.89. The Labute approximate surface area is 159 Å². The van der Waals surface area contributed by atoms with Crippen LogP contribution >= 0.6 is 0 Å². The second-order valence-corrected chi connectivity index (χ2v) is 6.87. The molecule has 6 nitrogen and oxygen atoms in total. The number of nitrogens with zero attached hydrogens (tertiary/aromatic N) is 2. The first-order valence-corrected chi connectivity index (χ1v) is 9.28. The van der Waals surface area contributed by atoms with Crippen LogP contribution in [-0.2, 0) is 11.3 Å². The molecule has 1 N–H and O–H groups in total.